The maximum Gasteiger partial charge on any atom is 0.156 e. The number of hydrogen-bond donors (Lipinski definition) is 0. The van der Waals surface area contributed by atoms with E-state index in [9.17, 15) is 4.79 Å². The van der Waals surface area contributed by atoms with Crippen LogP contribution in [0, 0.1) is 0 Å². The van der Waals surface area contributed by atoms with Crippen LogP contribution >= 0.6 is 35.6 Å². The van der Waals surface area contributed by atoms with Crippen molar-refractivity contribution in [3.05, 3.63) is 39.9 Å². The first-order chi connectivity index (χ1) is 9.65. The second kappa shape index (κ2) is 9.44. The minimum absolute atomic E-state index is 0. The molecule has 0 unspecified atom stereocenters. The average Bonchev–Trinajstić information content (AvgIpc) is 2.47. The Morgan fingerprint density at radius 3 is 2.62 bits per heavy atom. The van der Waals surface area contributed by atoms with E-state index in [1.165, 1.54) is 0 Å². The van der Waals surface area contributed by atoms with E-state index in [4.69, 9.17) is 27.9 Å². The number of hydrogen-bond acceptors (Lipinski definition) is 3. The van der Waals surface area contributed by atoms with Crippen molar-refractivity contribution >= 4 is 47.5 Å². The van der Waals surface area contributed by atoms with Gasteiger partial charge in [-0.2, -0.15) is 0 Å². The molecule has 0 amide bonds. The first-order valence-electron chi connectivity index (χ1n) is 6.61. The topological polar surface area (TPSA) is 29.5 Å². The van der Waals surface area contributed by atoms with Crippen molar-refractivity contribution in [3.8, 4) is 0 Å². The largest absolute Gasteiger partial charge is 0.379 e. The molecule has 0 bridgehead atoms. The lowest BCUT2D eigenvalue weighted by molar-refractivity contribution is -0.115. The molecule has 0 aliphatic carbocycles. The molecule has 1 aromatic carbocycles. The SMILES string of the molecule is Cl.O=C(C=Cc1ccc(Cl)c(Cl)c1)CCN1CCOCC1. The maximum atomic E-state index is 11.8. The predicted molar refractivity (Wildman–Crippen MR) is 89.6 cm³/mol. The lowest BCUT2D eigenvalue weighted by Crippen LogP contribution is -2.37. The molecule has 2 rings (SSSR count). The molecule has 1 saturated heterocycles. The fraction of sp³-hybridized carbons (Fsp3) is 0.400. The van der Waals surface area contributed by atoms with Crippen molar-refractivity contribution in [3.63, 3.8) is 0 Å². The number of allylic oxidation sites excluding steroid dienone is 1. The molecule has 21 heavy (non-hydrogen) atoms. The van der Waals surface area contributed by atoms with Crippen LogP contribution in [-0.4, -0.2) is 43.5 Å². The summed E-state index contributed by atoms with van der Waals surface area (Å²) in [4.78, 5) is 14.1. The van der Waals surface area contributed by atoms with Gasteiger partial charge in [0.2, 0.25) is 0 Å². The second-order valence-corrected chi connectivity index (χ2v) is 5.49. The molecule has 116 valence electrons. The Morgan fingerprint density at radius 2 is 1.95 bits per heavy atom. The molecule has 1 aliphatic heterocycles. The third kappa shape index (κ3) is 6.37. The van der Waals surface area contributed by atoms with E-state index in [0.29, 0.717) is 16.5 Å². The van der Waals surface area contributed by atoms with Gasteiger partial charge in [-0.3, -0.25) is 9.69 Å². The van der Waals surface area contributed by atoms with Gasteiger partial charge in [-0.15, -0.1) is 12.4 Å². The number of ketones is 1. The average molecular weight is 351 g/mol. The van der Waals surface area contributed by atoms with Gasteiger partial charge in [0.15, 0.2) is 5.78 Å². The normalized spacial score (nSPS) is 15.9. The number of ether oxygens (including phenoxy) is 1. The zero-order valence-electron chi connectivity index (χ0n) is 11.6. The predicted octanol–water partition coefficient (Wildman–Crippen LogP) is 3.72. The summed E-state index contributed by atoms with van der Waals surface area (Å²) in [6, 6.07) is 5.30. The van der Waals surface area contributed by atoms with Gasteiger partial charge in [-0.25, -0.2) is 0 Å². The standard InChI is InChI=1S/C15H17Cl2NO2.ClH/c16-14-4-2-12(11-15(14)17)1-3-13(19)5-6-18-7-9-20-10-8-18;/h1-4,11H,5-10H2;1H. The van der Waals surface area contributed by atoms with Crippen LogP contribution in [0.5, 0.6) is 0 Å². The third-order valence-electron chi connectivity index (χ3n) is 3.18. The molecule has 3 nitrogen and oxygen atoms in total. The summed E-state index contributed by atoms with van der Waals surface area (Å²) in [7, 11) is 0. The number of carbonyl (C=O) groups excluding carboxylic acids is 1. The van der Waals surface area contributed by atoms with Crippen molar-refractivity contribution < 1.29 is 9.53 Å². The van der Waals surface area contributed by atoms with Crippen LogP contribution in [0.15, 0.2) is 24.3 Å². The summed E-state index contributed by atoms with van der Waals surface area (Å²) < 4.78 is 5.27. The molecule has 0 aromatic heterocycles. The first-order valence-corrected chi connectivity index (χ1v) is 7.37. The van der Waals surface area contributed by atoms with Gasteiger partial charge < -0.3 is 4.74 Å². The number of carbonyl (C=O) groups is 1. The van der Waals surface area contributed by atoms with Gasteiger partial charge in [0.05, 0.1) is 23.3 Å². The Bertz CT molecular complexity index is 500. The van der Waals surface area contributed by atoms with Crippen LogP contribution in [0.4, 0.5) is 0 Å². The van der Waals surface area contributed by atoms with E-state index in [2.05, 4.69) is 4.90 Å². The van der Waals surface area contributed by atoms with Crippen LogP contribution in [0.2, 0.25) is 10.0 Å². The summed E-state index contributed by atoms with van der Waals surface area (Å²) in [6.45, 7) is 4.11. The van der Waals surface area contributed by atoms with Crippen LogP contribution in [-0.2, 0) is 9.53 Å². The lowest BCUT2D eigenvalue weighted by Gasteiger charge is -2.25. The molecule has 0 spiro atoms. The van der Waals surface area contributed by atoms with Crippen molar-refractivity contribution in [1.82, 2.24) is 4.90 Å². The number of morpholine rings is 1. The quantitative estimate of drug-likeness (QED) is 0.758. The lowest BCUT2D eigenvalue weighted by atomic mass is 10.1. The molecular formula is C15H18Cl3NO2. The highest BCUT2D eigenvalue weighted by Gasteiger charge is 2.10. The summed E-state index contributed by atoms with van der Waals surface area (Å²) in [5.41, 5.74) is 0.874. The van der Waals surface area contributed by atoms with Crippen LogP contribution in [0.1, 0.15) is 12.0 Å². The van der Waals surface area contributed by atoms with E-state index in [0.717, 1.165) is 38.4 Å². The Balaban J connectivity index is 0.00000220. The van der Waals surface area contributed by atoms with Gasteiger partial charge in [-0.1, -0.05) is 35.3 Å². The summed E-state index contributed by atoms with van der Waals surface area (Å²) in [6.07, 6.45) is 3.89. The highest BCUT2D eigenvalue weighted by atomic mass is 35.5. The molecular weight excluding hydrogens is 333 g/mol. The molecule has 6 heteroatoms. The van der Waals surface area contributed by atoms with Gasteiger partial charge in [0.25, 0.3) is 0 Å². The zero-order chi connectivity index (χ0) is 14.4. The molecule has 0 saturated carbocycles. The van der Waals surface area contributed by atoms with Crippen LogP contribution < -0.4 is 0 Å². The fourth-order valence-corrected chi connectivity index (χ4v) is 2.29. The number of rotatable bonds is 5. The van der Waals surface area contributed by atoms with E-state index in [1.807, 2.05) is 6.07 Å². The van der Waals surface area contributed by atoms with Gasteiger partial charge >= 0.3 is 0 Å². The van der Waals surface area contributed by atoms with E-state index < -0.39 is 0 Å². The summed E-state index contributed by atoms with van der Waals surface area (Å²) in [5, 5.41) is 1.01. The first kappa shape index (κ1) is 18.5. The molecule has 1 aliphatic rings. The van der Waals surface area contributed by atoms with Crippen molar-refractivity contribution in [2.75, 3.05) is 32.8 Å². The van der Waals surface area contributed by atoms with E-state index in [-0.39, 0.29) is 18.2 Å². The molecule has 1 fully saturated rings. The second-order valence-electron chi connectivity index (χ2n) is 4.68. The molecule has 1 heterocycles. The number of halogens is 3. The third-order valence-corrected chi connectivity index (χ3v) is 3.92. The van der Waals surface area contributed by atoms with Gasteiger partial charge in [0, 0.05) is 26.1 Å². The van der Waals surface area contributed by atoms with Crippen molar-refractivity contribution in [2.24, 2.45) is 0 Å². The smallest absolute Gasteiger partial charge is 0.156 e. The Morgan fingerprint density at radius 1 is 1.24 bits per heavy atom. The molecule has 0 atom stereocenters. The Kier molecular flexibility index (Phi) is 8.30. The minimum Gasteiger partial charge on any atom is -0.379 e. The number of benzene rings is 1. The summed E-state index contributed by atoms with van der Waals surface area (Å²) >= 11 is 11.8. The highest BCUT2D eigenvalue weighted by molar-refractivity contribution is 6.42. The number of nitrogens with zero attached hydrogens (tertiary/aromatic N) is 1. The highest BCUT2D eigenvalue weighted by Crippen LogP contribution is 2.23. The van der Waals surface area contributed by atoms with Crippen molar-refractivity contribution in [2.45, 2.75) is 6.42 Å². The summed E-state index contributed by atoms with van der Waals surface area (Å²) in [5.74, 6) is 0.113. The molecule has 0 N–H and O–H groups in total. The van der Waals surface area contributed by atoms with Crippen molar-refractivity contribution in [1.29, 1.82) is 0 Å². The Hall–Kier alpha value is -0.580. The van der Waals surface area contributed by atoms with Crippen LogP contribution in [0.25, 0.3) is 6.08 Å². The van der Waals surface area contributed by atoms with Gasteiger partial charge in [0.1, 0.15) is 0 Å². The molecule has 1 aromatic rings. The van der Waals surface area contributed by atoms with E-state index >= 15 is 0 Å². The maximum absolute atomic E-state index is 11.8. The van der Waals surface area contributed by atoms with Crippen LogP contribution in [0.3, 0.4) is 0 Å². The molecule has 0 radical (unpaired) electrons. The zero-order valence-corrected chi connectivity index (χ0v) is 13.9. The monoisotopic (exact) mass is 349 g/mol. The minimum atomic E-state index is 0. The Labute approximate surface area is 141 Å². The fourth-order valence-electron chi connectivity index (χ4n) is 1.98. The van der Waals surface area contributed by atoms with E-state index in [1.54, 1.807) is 24.3 Å². The van der Waals surface area contributed by atoms with Gasteiger partial charge in [-0.05, 0) is 23.8 Å².